The van der Waals surface area contributed by atoms with Crippen molar-refractivity contribution in [1.29, 1.82) is 0 Å². The molecule has 2 aromatic carbocycles. The molecule has 1 saturated heterocycles. The Morgan fingerprint density at radius 3 is 2.39 bits per heavy atom. The largest absolute Gasteiger partial charge is 0.495 e. The summed E-state index contributed by atoms with van der Waals surface area (Å²) in [5.74, 6) is 5.95. The van der Waals surface area contributed by atoms with Crippen molar-refractivity contribution in [3.63, 3.8) is 0 Å². The Kier molecular flexibility index (Phi) is 9.33. The van der Waals surface area contributed by atoms with Crippen molar-refractivity contribution in [3.05, 3.63) is 48.2 Å². The topological polar surface area (TPSA) is 142 Å². The summed E-state index contributed by atoms with van der Waals surface area (Å²) in [4.78, 5) is 2.02. The molecule has 2 heterocycles. The van der Waals surface area contributed by atoms with E-state index in [1.165, 1.54) is 25.3 Å². The van der Waals surface area contributed by atoms with Gasteiger partial charge in [-0.05, 0) is 61.9 Å². The minimum absolute atomic E-state index is 0.0536. The fraction of sp³-hybridized carbons (Fsp3) is 0.467. The van der Waals surface area contributed by atoms with Gasteiger partial charge in [-0.1, -0.05) is 12.0 Å². The molecule has 1 aliphatic heterocycles. The summed E-state index contributed by atoms with van der Waals surface area (Å²) in [5.41, 5.74) is 1.81. The lowest BCUT2D eigenvalue weighted by Gasteiger charge is -2.35. The lowest BCUT2D eigenvalue weighted by atomic mass is 9.90. The van der Waals surface area contributed by atoms with Crippen molar-refractivity contribution < 1.29 is 36.5 Å². The van der Waals surface area contributed by atoms with Gasteiger partial charge in [-0.25, -0.2) is 13.6 Å². The minimum atomic E-state index is -4.46. The van der Waals surface area contributed by atoms with Gasteiger partial charge in [-0.3, -0.25) is 4.90 Å². The number of aromatic nitrogens is 1. The Balaban J connectivity index is 1.32. The maximum absolute atomic E-state index is 13.6. The van der Waals surface area contributed by atoms with E-state index in [-0.39, 0.29) is 35.0 Å². The molecule has 0 bridgehead atoms. The van der Waals surface area contributed by atoms with E-state index in [1.807, 2.05) is 6.07 Å². The molecule has 6 N–H and O–H groups in total. The summed E-state index contributed by atoms with van der Waals surface area (Å²) < 4.78 is 70.5. The summed E-state index contributed by atoms with van der Waals surface area (Å²) in [7, 11) is -2.55. The predicted octanol–water partition coefficient (Wildman–Crippen LogP) is 3.08. The molecule has 3 aromatic rings. The Morgan fingerprint density at radius 1 is 1.05 bits per heavy atom. The third-order valence-corrected chi connectivity index (χ3v) is 9.14. The zero-order valence-corrected chi connectivity index (χ0v) is 25.0. The predicted molar refractivity (Wildman–Crippen MR) is 161 cm³/mol. The fourth-order valence-corrected chi connectivity index (χ4v) is 6.56. The molecule has 2 aliphatic rings. The van der Waals surface area contributed by atoms with Gasteiger partial charge in [-0.15, -0.1) is 0 Å². The monoisotopic (exact) mass is 635 g/mol. The highest BCUT2D eigenvalue weighted by Gasteiger charge is 2.35. The smallest absolute Gasteiger partial charge is 0.406 e. The van der Waals surface area contributed by atoms with Gasteiger partial charge in [0.1, 0.15) is 12.3 Å². The first kappa shape index (κ1) is 31.9. The van der Waals surface area contributed by atoms with Crippen LogP contribution in [0.5, 0.6) is 5.75 Å². The number of halogens is 3. The standard InChI is InChI=1S/C30H36F3N5O5S/c1-43-29-15-22(44(34,41)42)11-12-25(29)35-13-3-4-21-14-23-24(5-2-6-26(23)38(21)18-30(31,32)33)36-19-7-9-20(10-8-19)37-16-27(39)28(40)17-37/h2,5-6,11-12,14-15,19-20,27-28,35-36,39-40H,7-10,13,16-18H2,1H3,(H2,34,41,42)/t19-,20+,27-,28-/m0/s1. The second kappa shape index (κ2) is 12.9. The molecule has 1 aromatic heterocycles. The van der Waals surface area contributed by atoms with Gasteiger partial charge < -0.3 is 30.2 Å². The number of anilines is 2. The highest BCUT2D eigenvalue weighted by Crippen LogP contribution is 2.33. The Hall–Kier alpha value is -3.48. The average Bonchev–Trinajstić information content (AvgIpc) is 3.49. The van der Waals surface area contributed by atoms with Crippen LogP contribution in [0.25, 0.3) is 10.9 Å². The number of β-amino-alcohol motifs (C(OH)–C–C–N with tert-alkyl or cyclic N) is 2. The van der Waals surface area contributed by atoms with Crippen LogP contribution in [0.4, 0.5) is 24.5 Å². The number of sulfonamides is 1. The molecular weight excluding hydrogens is 599 g/mol. The molecule has 0 unspecified atom stereocenters. The first-order chi connectivity index (χ1) is 20.8. The number of primary sulfonamides is 1. The zero-order chi connectivity index (χ0) is 31.6. The second-order valence-electron chi connectivity index (χ2n) is 11.3. The Labute approximate surface area is 254 Å². The molecule has 10 nitrogen and oxygen atoms in total. The van der Waals surface area contributed by atoms with E-state index in [1.54, 1.807) is 18.2 Å². The third-order valence-electron chi connectivity index (χ3n) is 8.23. The molecule has 14 heteroatoms. The van der Waals surface area contributed by atoms with Crippen LogP contribution in [0, 0.1) is 11.8 Å². The Morgan fingerprint density at radius 2 is 1.75 bits per heavy atom. The highest BCUT2D eigenvalue weighted by molar-refractivity contribution is 7.89. The number of aliphatic hydroxyl groups is 2. The van der Waals surface area contributed by atoms with Gasteiger partial charge in [0.15, 0.2) is 0 Å². The quantitative estimate of drug-likeness (QED) is 0.238. The molecule has 1 saturated carbocycles. The number of alkyl halides is 3. The van der Waals surface area contributed by atoms with Crippen LogP contribution in [0.1, 0.15) is 31.4 Å². The molecule has 0 radical (unpaired) electrons. The maximum Gasteiger partial charge on any atom is 0.406 e. The number of nitrogens with two attached hydrogens (primary N) is 1. The Bertz CT molecular complexity index is 1650. The van der Waals surface area contributed by atoms with Gasteiger partial charge in [0, 0.05) is 42.3 Å². The average molecular weight is 636 g/mol. The number of hydrogen-bond acceptors (Lipinski definition) is 8. The van der Waals surface area contributed by atoms with Gasteiger partial charge >= 0.3 is 6.18 Å². The minimum Gasteiger partial charge on any atom is -0.495 e. The zero-order valence-electron chi connectivity index (χ0n) is 24.1. The molecule has 2 atom stereocenters. The lowest BCUT2D eigenvalue weighted by Crippen LogP contribution is -2.39. The normalized spacial score (nSPS) is 22.9. The van der Waals surface area contributed by atoms with Crippen LogP contribution in [0.3, 0.4) is 0 Å². The van der Waals surface area contributed by atoms with Crippen LogP contribution in [0.2, 0.25) is 0 Å². The fourth-order valence-electron chi connectivity index (χ4n) is 6.03. The molecule has 0 spiro atoms. The van der Waals surface area contributed by atoms with Crippen LogP contribution in [-0.2, 0) is 16.6 Å². The van der Waals surface area contributed by atoms with E-state index in [0.29, 0.717) is 29.7 Å². The summed E-state index contributed by atoms with van der Waals surface area (Å²) >= 11 is 0. The van der Waals surface area contributed by atoms with E-state index < -0.39 is 35.0 Å². The third kappa shape index (κ3) is 7.41. The van der Waals surface area contributed by atoms with E-state index in [0.717, 1.165) is 35.9 Å². The first-order valence-electron chi connectivity index (χ1n) is 14.3. The number of likely N-dealkylation sites (tertiary alicyclic amines) is 1. The van der Waals surface area contributed by atoms with Crippen molar-refractivity contribution in [3.8, 4) is 17.6 Å². The van der Waals surface area contributed by atoms with Crippen LogP contribution >= 0.6 is 0 Å². The number of benzene rings is 2. The SMILES string of the molecule is COc1cc(S(N)(=O)=O)ccc1NCC#Cc1cc2c(N[C@H]3CC[C@@H](N4C[C@H](O)[C@@H](O)C4)CC3)cccc2n1CC(F)(F)F. The maximum atomic E-state index is 13.6. The number of fused-ring (bicyclic) bond motifs is 1. The molecule has 44 heavy (non-hydrogen) atoms. The molecule has 0 amide bonds. The lowest BCUT2D eigenvalue weighted by molar-refractivity contribution is -0.140. The van der Waals surface area contributed by atoms with Crippen molar-refractivity contribution in [1.82, 2.24) is 9.47 Å². The molecule has 1 aliphatic carbocycles. The summed E-state index contributed by atoms with van der Waals surface area (Å²) in [6.07, 6.45) is -2.41. The molecule has 238 valence electrons. The summed E-state index contributed by atoms with van der Waals surface area (Å²) in [6.45, 7) is -0.210. The van der Waals surface area contributed by atoms with E-state index in [4.69, 9.17) is 9.88 Å². The van der Waals surface area contributed by atoms with E-state index >= 15 is 0 Å². The van der Waals surface area contributed by atoms with Crippen LogP contribution in [-0.4, -0.2) is 85.3 Å². The molecule has 2 fully saturated rings. The van der Waals surface area contributed by atoms with Gasteiger partial charge in [0.05, 0.1) is 47.7 Å². The summed E-state index contributed by atoms with van der Waals surface area (Å²) in [5, 5.41) is 32.2. The summed E-state index contributed by atoms with van der Waals surface area (Å²) in [6, 6.07) is 11.4. The number of nitrogens with one attached hydrogen (secondary N) is 2. The number of nitrogens with zero attached hydrogens (tertiary/aromatic N) is 2. The van der Waals surface area contributed by atoms with Gasteiger partial charge in [-0.2, -0.15) is 13.2 Å². The van der Waals surface area contributed by atoms with Crippen molar-refractivity contribution >= 4 is 32.3 Å². The number of ether oxygens (including phenoxy) is 1. The number of aliphatic hydroxyl groups excluding tert-OH is 2. The van der Waals surface area contributed by atoms with E-state index in [2.05, 4.69) is 27.4 Å². The molecule has 5 rings (SSSR count). The first-order valence-corrected chi connectivity index (χ1v) is 15.9. The van der Waals surface area contributed by atoms with Crippen LogP contribution in [0.15, 0.2) is 47.4 Å². The highest BCUT2D eigenvalue weighted by atomic mass is 32.2. The van der Waals surface area contributed by atoms with Crippen LogP contribution < -0.4 is 20.5 Å². The second-order valence-corrected chi connectivity index (χ2v) is 12.8. The van der Waals surface area contributed by atoms with Gasteiger partial charge in [0.25, 0.3) is 0 Å². The van der Waals surface area contributed by atoms with Crippen molar-refractivity contribution in [2.45, 2.75) is 67.6 Å². The number of rotatable bonds is 8. The van der Waals surface area contributed by atoms with Gasteiger partial charge in [0.2, 0.25) is 10.0 Å². The molecular formula is C30H36F3N5O5S. The van der Waals surface area contributed by atoms with E-state index in [9.17, 15) is 31.8 Å². The number of hydrogen-bond donors (Lipinski definition) is 5. The van der Waals surface area contributed by atoms with Crippen molar-refractivity contribution in [2.24, 2.45) is 5.14 Å². The number of methoxy groups -OCH3 is 1. The van der Waals surface area contributed by atoms with Crippen molar-refractivity contribution in [2.75, 3.05) is 37.4 Å².